The fourth-order valence-corrected chi connectivity index (χ4v) is 2.73. The van der Waals surface area contributed by atoms with Gasteiger partial charge in [-0.25, -0.2) is 4.79 Å². The summed E-state index contributed by atoms with van der Waals surface area (Å²) in [6.45, 7) is 3.96. The zero-order valence-corrected chi connectivity index (χ0v) is 14.3. The van der Waals surface area contributed by atoms with Crippen LogP contribution in [0.5, 0.6) is 0 Å². The van der Waals surface area contributed by atoms with Crippen LogP contribution in [0.2, 0.25) is 0 Å². The van der Waals surface area contributed by atoms with E-state index in [4.69, 9.17) is 0 Å². The van der Waals surface area contributed by atoms with Crippen molar-refractivity contribution < 1.29 is 4.79 Å². The number of fused-ring (bicyclic) bond motifs is 1. The smallest absolute Gasteiger partial charge is 0.323 e. The minimum absolute atomic E-state index is 0.144. The number of nitrogens with one attached hydrogen (secondary N) is 4. The number of aryl methyl sites for hydroxylation is 1. The van der Waals surface area contributed by atoms with Crippen LogP contribution in [0.3, 0.4) is 0 Å². The van der Waals surface area contributed by atoms with Crippen molar-refractivity contribution in [3.63, 3.8) is 0 Å². The van der Waals surface area contributed by atoms with Crippen LogP contribution in [0.25, 0.3) is 11.0 Å². The van der Waals surface area contributed by atoms with Gasteiger partial charge in [-0.1, -0.05) is 25.5 Å². The van der Waals surface area contributed by atoms with Gasteiger partial charge in [0.15, 0.2) is 0 Å². The minimum atomic E-state index is -0.391. The number of hydrogen-bond acceptors (Lipinski definition) is 3. The fourth-order valence-electron chi connectivity index (χ4n) is 2.73. The van der Waals surface area contributed by atoms with Gasteiger partial charge in [-0.2, -0.15) is 0 Å². The van der Waals surface area contributed by atoms with Crippen LogP contribution in [0.1, 0.15) is 25.8 Å². The molecule has 3 rings (SSSR count). The highest BCUT2D eigenvalue weighted by Gasteiger charge is 2.13. The Morgan fingerprint density at radius 2 is 1.72 bits per heavy atom. The molecule has 1 heterocycles. The summed E-state index contributed by atoms with van der Waals surface area (Å²) >= 11 is 0. The van der Waals surface area contributed by atoms with Gasteiger partial charge in [0.05, 0.1) is 11.0 Å². The summed E-state index contributed by atoms with van der Waals surface area (Å²) in [6, 6.07) is 13.0. The first-order valence-electron chi connectivity index (χ1n) is 8.43. The van der Waals surface area contributed by atoms with Crippen molar-refractivity contribution in [2.45, 2.75) is 32.7 Å². The third-order valence-corrected chi connectivity index (χ3v) is 4.05. The number of hydrogen-bond donors (Lipinski definition) is 4. The van der Waals surface area contributed by atoms with E-state index >= 15 is 0 Å². The molecule has 6 nitrogen and oxygen atoms in total. The van der Waals surface area contributed by atoms with E-state index in [1.807, 2.05) is 19.1 Å². The number of carbonyl (C=O) groups excluding carboxylic acids is 1. The predicted molar refractivity (Wildman–Crippen MR) is 101 cm³/mol. The maximum atomic E-state index is 12.4. The third kappa shape index (κ3) is 4.09. The SMILES string of the molecule is CCCc1ccc(NC(C)C(=O)Nc2ccc3[nH]c(=O)[nH]c3c2)cc1. The number of rotatable bonds is 6. The first kappa shape index (κ1) is 16.8. The van der Waals surface area contributed by atoms with Gasteiger partial charge >= 0.3 is 5.69 Å². The first-order valence-corrected chi connectivity index (χ1v) is 8.43. The average Bonchev–Trinajstić information content (AvgIpc) is 2.96. The number of aromatic amines is 2. The quantitative estimate of drug-likeness (QED) is 0.556. The van der Waals surface area contributed by atoms with E-state index in [0.717, 1.165) is 18.5 Å². The molecule has 1 atom stereocenters. The number of H-pyrrole nitrogens is 2. The second-order valence-electron chi connectivity index (χ2n) is 6.14. The van der Waals surface area contributed by atoms with Gasteiger partial charge in [0.2, 0.25) is 5.91 Å². The Morgan fingerprint density at radius 1 is 1.04 bits per heavy atom. The van der Waals surface area contributed by atoms with Crippen molar-refractivity contribution in [3.8, 4) is 0 Å². The Bertz CT molecular complexity index is 924. The fraction of sp³-hybridized carbons (Fsp3) is 0.263. The molecular formula is C19H22N4O2. The Morgan fingerprint density at radius 3 is 2.44 bits per heavy atom. The summed E-state index contributed by atoms with van der Waals surface area (Å²) in [5, 5.41) is 6.05. The van der Waals surface area contributed by atoms with E-state index < -0.39 is 6.04 Å². The Kier molecular flexibility index (Phi) is 4.88. The average molecular weight is 338 g/mol. The van der Waals surface area contributed by atoms with Crippen molar-refractivity contribution in [2.75, 3.05) is 10.6 Å². The van der Waals surface area contributed by atoms with Gasteiger partial charge in [-0.15, -0.1) is 0 Å². The number of carbonyl (C=O) groups is 1. The van der Waals surface area contributed by atoms with Crippen molar-refractivity contribution in [1.29, 1.82) is 0 Å². The summed E-state index contributed by atoms with van der Waals surface area (Å²) in [6.07, 6.45) is 2.17. The molecule has 0 fully saturated rings. The maximum Gasteiger partial charge on any atom is 0.323 e. The van der Waals surface area contributed by atoms with Crippen molar-refractivity contribution in [3.05, 3.63) is 58.5 Å². The van der Waals surface area contributed by atoms with Crippen LogP contribution in [0.4, 0.5) is 11.4 Å². The molecule has 0 aliphatic heterocycles. The number of anilines is 2. The molecule has 0 saturated carbocycles. The van der Waals surface area contributed by atoms with E-state index in [9.17, 15) is 9.59 Å². The highest BCUT2D eigenvalue weighted by atomic mass is 16.2. The van der Waals surface area contributed by atoms with E-state index in [1.54, 1.807) is 18.2 Å². The zero-order valence-electron chi connectivity index (χ0n) is 14.3. The molecule has 0 spiro atoms. The topological polar surface area (TPSA) is 89.8 Å². The van der Waals surface area contributed by atoms with Gasteiger partial charge in [-0.3, -0.25) is 4.79 Å². The van der Waals surface area contributed by atoms with Crippen LogP contribution in [0.15, 0.2) is 47.3 Å². The molecule has 0 aliphatic rings. The van der Waals surface area contributed by atoms with Gasteiger partial charge in [-0.05, 0) is 49.2 Å². The Balaban J connectivity index is 1.63. The summed E-state index contributed by atoms with van der Waals surface area (Å²) in [5.74, 6) is -0.144. The Labute approximate surface area is 145 Å². The minimum Gasteiger partial charge on any atom is -0.374 e. The molecule has 4 N–H and O–H groups in total. The van der Waals surface area contributed by atoms with Gasteiger partial charge < -0.3 is 20.6 Å². The largest absolute Gasteiger partial charge is 0.374 e. The van der Waals surface area contributed by atoms with Crippen LogP contribution < -0.4 is 16.3 Å². The monoisotopic (exact) mass is 338 g/mol. The molecule has 0 bridgehead atoms. The van der Waals surface area contributed by atoms with Crippen LogP contribution in [0, 0.1) is 0 Å². The van der Waals surface area contributed by atoms with E-state index in [-0.39, 0.29) is 11.6 Å². The number of imidazole rings is 1. The summed E-state index contributed by atoms with van der Waals surface area (Å²) in [4.78, 5) is 29.0. The van der Waals surface area contributed by atoms with Crippen LogP contribution in [-0.2, 0) is 11.2 Å². The van der Waals surface area contributed by atoms with E-state index in [1.165, 1.54) is 5.56 Å². The predicted octanol–water partition coefficient (Wildman–Crippen LogP) is 3.25. The van der Waals surface area contributed by atoms with Crippen molar-refractivity contribution in [1.82, 2.24) is 9.97 Å². The molecule has 0 saturated heterocycles. The van der Waals surface area contributed by atoms with Gasteiger partial charge in [0, 0.05) is 11.4 Å². The lowest BCUT2D eigenvalue weighted by Crippen LogP contribution is -2.31. The van der Waals surface area contributed by atoms with Gasteiger partial charge in [0.25, 0.3) is 0 Å². The highest BCUT2D eigenvalue weighted by Crippen LogP contribution is 2.16. The lowest BCUT2D eigenvalue weighted by atomic mass is 10.1. The first-order chi connectivity index (χ1) is 12.0. The molecule has 1 unspecified atom stereocenters. The Hall–Kier alpha value is -3.02. The molecular weight excluding hydrogens is 316 g/mol. The lowest BCUT2D eigenvalue weighted by molar-refractivity contribution is -0.116. The van der Waals surface area contributed by atoms with E-state index in [2.05, 4.69) is 39.7 Å². The summed E-state index contributed by atoms with van der Waals surface area (Å²) < 4.78 is 0. The molecule has 25 heavy (non-hydrogen) atoms. The summed E-state index contributed by atoms with van der Waals surface area (Å²) in [7, 11) is 0. The van der Waals surface area contributed by atoms with Crippen LogP contribution >= 0.6 is 0 Å². The standard InChI is InChI=1S/C19H22N4O2/c1-3-4-13-5-7-14(8-6-13)20-12(2)18(24)21-15-9-10-16-17(11-15)23-19(25)22-16/h5-12,20H,3-4H2,1-2H3,(H,21,24)(H2,22,23,25). The molecule has 6 heteroatoms. The van der Waals surface area contributed by atoms with Crippen LogP contribution in [-0.4, -0.2) is 21.9 Å². The number of aromatic nitrogens is 2. The number of amides is 1. The molecule has 1 amide bonds. The van der Waals surface area contributed by atoms with Crippen molar-refractivity contribution in [2.24, 2.45) is 0 Å². The summed E-state index contributed by atoms with van der Waals surface area (Å²) in [5.41, 5.74) is 3.95. The van der Waals surface area contributed by atoms with Gasteiger partial charge in [0.1, 0.15) is 6.04 Å². The molecule has 2 aromatic carbocycles. The normalized spacial score (nSPS) is 12.1. The maximum absolute atomic E-state index is 12.4. The second kappa shape index (κ2) is 7.25. The molecule has 1 aromatic heterocycles. The molecule has 0 aliphatic carbocycles. The highest BCUT2D eigenvalue weighted by molar-refractivity contribution is 5.97. The zero-order chi connectivity index (χ0) is 17.8. The number of benzene rings is 2. The molecule has 3 aromatic rings. The van der Waals surface area contributed by atoms with Crippen molar-refractivity contribution >= 4 is 28.3 Å². The lowest BCUT2D eigenvalue weighted by Gasteiger charge is -2.15. The molecule has 130 valence electrons. The molecule has 0 radical (unpaired) electrons. The second-order valence-corrected chi connectivity index (χ2v) is 6.14. The third-order valence-electron chi connectivity index (χ3n) is 4.05. The van der Waals surface area contributed by atoms with E-state index in [0.29, 0.717) is 16.7 Å².